The summed E-state index contributed by atoms with van der Waals surface area (Å²) < 4.78 is 8.47. The molecule has 21 heavy (non-hydrogen) atoms. The van der Waals surface area contributed by atoms with Gasteiger partial charge in [-0.1, -0.05) is 6.07 Å². The van der Waals surface area contributed by atoms with Gasteiger partial charge in [0.2, 0.25) is 0 Å². The van der Waals surface area contributed by atoms with Crippen molar-refractivity contribution in [2.24, 2.45) is 14.1 Å². The average Bonchev–Trinajstić information content (AvgIpc) is 2.67. The first kappa shape index (κ1) is 17.7. The lowest BCUT2D eigenvalue weighted by atomic mass is 10.2. The summed E-state index contributed by atoms with van der Waals surface area (Å²) >= 11 is 0. The predicted molar refractivity (Wildman–Crippen MR) is 85.0 cm³/mol. The Bertz CT molecular complexity index is 636. The summed E-state index contributed by atoms with van der Waals surface area (Å²) in [5.41, 5.74) is 2.99. The van der Waals surface area contributed by atoms with Gasteiger partial charge in [0.1, 0.15) is 0 Å². The van der Waals surface area contributed by atoms with Crippen LogP contribution in [0, 0.1) is 0 Å². The lowest BCUT2D eigenvalue weighted by Crippen LogP contribution is -2.20. The van der Waals surface area contributed by atoms with Gasteiger partial charge >= 0.3 is 5.69 Å². The summed E-state index contributed by atoms with van der Waals surface area (Å²) in [6.07, 6.45) is 0. The molecule has 1 aromatic carbocycles. The molecular formula is C14H22ClN3O3. The van der Waals surface area contributed by atoms with E-state index in [9.17, 15) is 4.79 Å². The molecule has 0 unspecified atom stereocenters. The molecule has 118 valence electrons. The molecule has 0 amide bonds. The van der Waals surface area contributed by atoms with Gasteiger partial charge in [-0.3, -0.25) is 9.13 Å². The molecule has 0 atom stereocenters. The maximum atomic E-state index is 11.8. The summed E-state index contributed by atoms with van der Waals surface area (Å²) in [5, 5.41) is 11.8. The van der Waals surface area contributed by atoms with Crippen molar-refractivity contribution in [1.29, 1.82) is 0 Å². The van der Waals surface area contributed by atoms with E-state index in [-0.39, 0.29) is 24.7 Å². The molecule has 0 fully saturated rings. The van der Waals surface area contributed by atoms with Crippen LogP contribution in [0.4, 0.5) is 0 Å². The highest BCUT2D eigenvalue weighted by Gasteiger charge is 2.07. The van der Waals surface area contributed by atoms with Crippen LogP contribution in [0.15, 0.2) is 23.0 Å². The zero-order valence-corrected chi connectivity index (χ0v) is 13.2. The maximum Gasteiger partial charge on any atom is 0.328 e. The Morgan fingerprint density at radius 3 is 2.62 bits per heavy atom. The zero-order chi connectivity index (χ0) is 14.5. The number of aliphatic hydroxyl groups excluding tert-OH is 1. The number of nitrogens with zero attached hydrogens (tertiary/aromatic N) is 2. The fraction of sp³-hybridized carbons (Fsp3) is 0.500. The third kappa shape index (κ3) is 4.07. The molecule has 0 aliphatic carbocycles. The molecule has 0 aliphatic rings. The SMILES string of the molecule is Cl.Cn1c(=O)n(C)c2cc(CNCCOCCO)ccc21. The Hall–Kier alpha value is -1.34. The van der Waals surface area contributed by atoms with Gasteiger partial charge in [0.05, 0.1) is 30.9 Å². The van der Waals surface area contributed by atoms with Crippen molar-refractivity contribution < 1.29 is 9.84 Å². The van der Waals surface area contributed by atoms with E-state index in [0.717, 1.165) is 29.7 Å². The van der Waals surface area contributed by atoms with E-state index in [1.54, 1.807) is 23.2 Å². The average molecular weight is 316 g/mol. The fourth-order valence-corrected chi connectivity index (χ4v) is 2.21. The molecule has 2 rings (SSSR count). The topological polar surface area (TPSA) is 68.4 Å². The summed E-state index contributed by atoms with van der Waals surface area (Å²) in [6, 6.07) is 6.01. The van der Waals surface area contributed by atoms with Crippen molar-refractivity contribution >= 4 is 23.4 Å². The Balaban J connectivity index is 0.00000220. The van der Waals surface area contributed by atoms with Crippen LogP contribution < -0.4 is 11.0 Å². The normalized spacial score (nSPS) is 10.8. The molecule has 0 radical (unpaired) electrons. The van der Waals surface area contributed by atoms with E-state index in [2.05, 4.69) is 5.32 Å². The van der Waals surface area contributed by atoms with Crippen LogP contribution in [0.3, 0.4) is 0 Å². The number of aryl methyl sites for hydroxylation is 2. The third-order valence-corrected chi connectivity index (χ3v) is 3.32. The number of imidazole rings is 1. The third-order valence-electron chi connectivity index (χ3n) is 3.32. The molecule has 0 aliphatic heterocycles. The first-order chi connectivity index (χ1) is 9.65. The van der Waals surface area contributed by atoms with Gasteiger partial charge in [-0.15, -0.1) is 12.4 Å². The second-order valence-corrected chi connectivity index (χ2v) is 4.74. The molecule has 6 nitrogen and oxygen atoms in total. The van der Waals surface area contributed by atoms with Gasteiger partial charge in [-0.05, 0) is 17.7 Å². The number of rotatable bonds is 7. The number of benzene rings is 1. The van der Waals surface area contributed by atoms with E-state index in [1.807, 2.05) is 18.2 Å². The van der Waals surface area contributed by atoms with Gasteiger partial charge in [0.25, 0.3) is 0 Å². The van der Waals surface area contributed by atoms with E-state index in [4.69, 9.17) is 9.84 Å². The van der Waals surface area contributed by atoms with Gasteiger partial charge < -0.3 is 15.2 Å². The minimum Gasteiger partial charge on any atom is -0.394 e. The maximum absolute atomic E-state index is 11.8. The van der Waals surface area contributed by atoms with Crippen molar-refractivity contribution in [2.45, 2.75) is 6.54 Å². The molecule has 2 aromatic rings. The van der Waals surface area contributed by atoms with E-state index < -0.39 is 0 Å². The Morgan fingerprint density at radius 1 is 1.19 bits per heavy atom. The minimum absolute atomic E-state index is 0. The highest BCUT2D eigenvalue weighted by molar-refractivity contribution is 5.85. The number of halogens is 1. The molecule has 1 heterocycles. The Morgan fingerprint density at radius 2 is 1.90 bits per heavy atom. The Kier molecular flexibility index (Phi) is 6.91. The van der Waals surface area contributed by atoms with Crippen molar-refractivity contribution in [2.75, 3.05) is 26.4 Å². The van der Waals surface area contributed by atoms with Crippen LogP contribution in [-0.2, 0) is 25.4 Å². The molecule has 0 spiro atoms. The molecule has 7 heteroatoms. The van der Waals surface area contributed by atoms with Crippen LogP contribution in [0.2, 0.25) is 0 Å². The number of hydrogen-bond donors (Lipinski definition) is 2. The van der Waals surface area contributed by atoms with Crippen molar-refractivity contribution in [3.05, 3.63) is 34.2 Å². The monoisotopic (exact) mass is 315 g/mol. The second kappa shape index (κ2) is 8.19. The molecule has 0 bridgehead atoms. The summed E-state index contributed by atoms with van der Waals surface area (Å²) in [5.74, 6) is 0. The predicted octanol–water partition coefficient (Wildman–Crippen LogP) is 0.397. The van der Waals surface area contributed by atoms with Crippen LogP contribution in [0.25, 0.3) is 11.0 Å². The number of aliphatic hydroxyl groups is 1. The number of ether oxygens (including phenoxy) is 1. The highest BCUT2D eigenvalue weighted by Crippen LogP contribution is 2.13. The fourth-order valence-electron chi connectivity index (χ4n) is 2.21. The smallest absolute Gasteiger partial charge is 0.328 e. The molecule has 1 aromatic heterocycles. The molecule has 2 N–H and O–H groups in total. The molecular weight excluding hydrogens is 294 g/mol. The van der Waals surface area contributed by atoms with Crippen LogP contribution in [-0.4, -0.2) is 40.6 Å². The van der Waals surface area contributed by atoms with Crippen molar-refractivity contribution in [3.8, 4) is 0 Å². The summed E-state index contributed by atoms with van der Waals surface area (Å²) in [6.45, 7) is 2.46. The van der Waals surface area contributed by atoms with Gasteiger partial charge in [-0.25, -0.2) is 4.79 Å². The minimum atomic E-state index is -0.0116. The van der Waals surface area contributed by atoms with E-state index >= 15 is 0 Å². The van der Waals surface area contributed by atoms with E-state index in [1.165, 1.54) is 0 Å². The van der Waals surface area contributed by atoms with Crippen LogP contribution >= 0.6 is 12.4 Å². The summed E-state index contributed by atoms with van der Waals surface area (Å²) in [4.78, 5) is 11.8. The zero-order valence-electron chi connectivity index (χ0n) is 12.3. The van der Waals surface area contributed by atoms with E-state index in [0.29, 0.717) is 13.2 Å². The van der Waals surface area contributed by atoms with Crippen LogP contribution in [0.1, 0.15) is 5.56 Å². The molecule has 0 saturated carbocycles. The Labute approximate surface area is 129 Å². The second-order valence-electron chi connectivity index (χ2n) is 4.74. The van der Waals surface area contributed by atoms with Gasteiger partial charge in [0.15, 0.2) is 0 Å². The van der Waals surface area contributed by atoms with Crippen molar-refractivity contribution in [1.82, 2.24) is 14.5 Å². The largest absolute Gasteiger partial charge is 0.394 e. The number of fused-ring (bicyclic) bond motifs is 1. The quantitative estimate of drug-likeness (QED) is 0.726. The van der Waals surface area contributed by atoms with Gasteiger partial charge in [-0.2, -0.15) is 0 Å². The first-order valence-corrected chi connectivity index (χ1v) is 6.69. The number of aromatic nitrogens is 2. The van der Waals surface area contributed by atoms with Crippen LogP contribution in [0.5, 0.6) is 0 Å². The van der Waals surface area contributed by atoms with Crippen molar-refractivity contribution in [3.63, 3.8) is 0 Å². The lowest BCUT2D eigenvalue weighted by molar-refractivity contribution is 0.0938. The number of hydrogen-bond acceptors (Lipinski definition) is 4. The number of nitrogens with one attached hydrogen (secondary N) is 1. The van der Waals surface area contributed by atoms with Gasteiger partial charge in [0, 0.05) is 27.2 Å². The first-order valence-electron chi connectivity index (χ1n) is 6.69. The highest BCUT2D eigenvalue weighted by atomic mass is 35.5. The lowest BCUT2D eigenvalue weighted by Gasteiger charge is -2.06. The molecule has 0 saturated heterocycles. The summed E-state index contributed by atoms with van der Waals surface area (Å²) in [7, 11) is 3.56. The standard InChI is InChI=1S/C14H21N3O3.ClH/c1-16-12-4-3-11(9-13(12)17(2)14(16)19)10-15-5-7-20-8-6-18;/h3-4,9,15,18H,5-8,10H2,1-2H3;1H.